The van der Waals surface area contributed by atoms with Crippen LogP contribution in [0.15, 0.2) is 0 Å². The maximum Gasteiger partial charge on any atom is 0.412 e. The number of hydrogen-bond donors (Lipinski definition) is 4. The average Bonchev–Trinajstić information content (AvgIpc) is 2.39. The number of nitrogens with two attached hydrogens (primary N) is 1. The van der Waals surface area contributed by atoms with E-state index in [1.807, 2.05) is 0 Å². The number of methoxy groups -OCH3 is 2. The number of ether oxygens (including phenoxy) is 2. The minimum atomic E-state index is -0.773. The Hall–Kier alpha value is -1.13. The summed E-state index contributed by atoms with van der Waals surface area (Å²) in [5, 5.41) is 15.8. The van der Waals surface area contributed by atoms with Crippen molar-refractivity contribution in [1.29, 1.82) is 10.8 Å². The van der Waals surface area contributed by atoms with E-state index < -0.39 is 11.5 Å². The summed E-state index contributed by atoms with van der Waals surface area (Å²) in [6.07, 6.45) is 2.86. The van der Waals surface area contributed by atoms with Crippen molar-refractivity contribution in [2.45, 2.75) is 0 Å². The lowest BCUT2D eigenvalue weighted by Gasteiger charge is -1.99. The molecule has 0 atom stereocenters. The molecule has 1 amide bonds. The topological polar surface area (TPSA) is 138 Å². The highest BCUT2D eigenvalue weighted by atomic mass is 35.5. The van der Waals surface area contributed by atoms with Crippen LogP contribution >= 0.6 is 35.1 Å². The summed E-state index contributed by atoms with van der Waals surface area (Å²) < 4.78 is 8.10. The van der Waals surface area contributed by atoms with Crippen molar-refractivity contribution in [3.63, 3.8) is 0 Å². The number of rotatable bonds is 0. The quantitative estimate of drug-likeness (QED) is 0.301. The first-order chi connectivity index (χ1) is 8.74. The molecule has 0 aromatic heterocycles. The highest BCUT2D eigenvalue weighted by Gasteiger charge is 1.99. The summed E-state index contributed by atoms with van der Waals surface area (Å²) in [7, 11) is 2.47. The average molecular weight is 333 g/mol. The van der Waals surface area contributed by atoms with Crippen LogP contribution in [0.2, 0.25) is 0 Å². The number of halogens is 1. The van der Waals surface area contributed by atoms with Crippen LogP contribution in [-0.2, 0) is 9.47 Å². The first-order valence-electron chi connectivity index (χ1n) is 4.34. The monoisotopic (exact) mass is 332 g/mol. The Bertz CT molecular complexity index is 276. The van der Waals surface area contributed by atoms with E-state index >= 15 is 0 Å². The summed E-state index contributed by atoms with van der Waals surface area (Å²) >= 11 is 6.98. The molecule has 0 aliphatic heterocycles. The Kier molecular flexibility index (Phi) is 20.4. The summed E-state index contributed by atoms with van der Waals surface area (Å²) in [5.74, 6) is 0. The molecule has 0 rings (SSSR count). The fraction of sp³-hybridized carbons (Fsp3) is 0.500. The second-order valence-corrected chi connectivity index (χ2v) is 4.13. The van der Waals surface area contributed by atoms with Crippen LogP contribution in [0.4, 0.5) is 9.59 Å². The van der Waals surface area contributed by atoms with Gasteiger partial charge in [-0.1, -0.05) is 23.5 Å². The fourth-order valence-electron chi connectivity index (χ4n) is 0.195. The molecule has 0 unspecified atom stereocenters. The Balaban J connectivity index is -0.000000219. The predicted molar refractivity (Wildman–Crippen MR) is 80.5 cm³/mol. The van der Waals surface area contributed by atoms with E-state index in [-0.39, 0.29) is 10.3 Å². The van der Waals surface area contributed by atoms with E-state index in [0.717, 1.165) is 11.8 Å². The van der Waals surface area contributed by atoms with Crippen molar-refractivity contribution in [2.24, 2.45) is 5.73 Å². The van der Waals surface area contributed by atoms with E-state index in [2.05, 4.69) is 26.4 Å². The molecule has 5 N–H and O–H groups in total. The van der Waals surface area contributed by atoms with Crippen molar-refractivity contribution in [2.75, 3.05) is 26.7 Å². The predicted octanol–water partition coefficient (Wildman–Crippen LogP) is 1.87. The first kappa shape index (κ1) is 23.0. The van der Waals surface area contributed by atoms with E-state index in [9.17, 15) is 9.59 Å². The maximum atomic E-state index is 10.3. The number of hydrogen-bond acceptors (Lipinski definition) is 8. The normalized spacial score (nSPS) is 7.63. The Labute approximate surface area is 125 Å². The zero-order valence-corrected chi connectivity index (χ0v) is 13.3. The second-order valence-electron chi connectivity index (χ2n) is 2.16. The van der Waals surface area contributed by atoms with Crippen LogP contribution in [-0.4, -0.2) is 48.6 Å². The zero-order chi connectivity index (χ0) is 15.8. The van der Waals surface area contributed by atoms with Gasteiger partial charge in [-0.25, -0.2) is 9.59 Å². The van der Waals surface area contributed by atoms with Crippen LogP contribution in [0.25, 0.3) is 0 Å². The minimum Gasteiger partial charge on any atom is -0.457 e. The Morgan fingerprint density at radius 2 is 1.53 bits per heavy atom. The number of carbonyl (C=O) groups is 2. The molecule has 0 spiro atoms. The Morgan fingerprint density at radius 1 is 1.16 bits per heavy atom. The molecule has 0 aromatic rings. The SMILES string of the molecule is COC(=O)Cl.COC(=O)NC(=N)SC.CSC(=N)N. The van der Waals surface area contributed by atoms with E-state index in [0.29, 0.717) is 0 Å². The van der Waals surface area contributed by atoms with Gasteiger partial charge in [0, 0.05) is 11.6 Å². The standard InChI is InChI=1S/C4H8N2O2S.C2H3ClO2.C2H6N2S/c1-8-4(7)6-3(5)9-2;2*1-5-2(3)4/h1-2H3,(H2,5,6,7);1H3;1H3,(H3,3,4). The van der Waals surface area contributed by atoms with Gasteiger partial charge < -0.3 is 15.2 Å². The van der Waals surface area contributed by atoms with Gasteiger partial charge in [-0.3, -0.25) is 16.1 Å². The smallest absolute Gasteiger partial charge is 0.412 e. The molecular formula is C8H17ClN4O4S2. The van der Waals surface area contributed by atoms with Crippen LogP contribution in [0.1, 0.15) is 0 Å². The number of nitrogens with one attached hydrogen (secondary N) is 3. The molecule has 0 fully saturated rings. The molecule has 0 saturated carbocycles. The van der Waals surface area contributed by atoms with E-state index in [4.69, 9.17) is 16.6 Å². The molecule has 0 radical (unpaired) electrons. The number of amides is 1. The lowest BCUT2D eigenvalue weighted by atomic mass is 11.0. The lowest BCUT2D eigenvalue weighted by molar-refractivity contribution is 0.177. The van der Waals surface area contributed by atoms with E-state index in [1.54, 1.807) is 12.5 Å². The van der Waals surface area contributed by atoms with Crippen molar-refractivity contribution in [3.8, 4) is 0 Å². The third-order valence-corrected chi connectivity index (χ3v) is 2.09. The van der Waals surface area contributed by atoms with Gasteiger partial charge in [-0.05, 0) is 12.5 Å². The summed E-state index contributed by atoms with van der Waals surface area (Å²) in [6.45, 7) is 0. The minimum absolute atomic E-state index is 0.0850. The molecule has 0 heterocycles. The summed E-state index contributed by atoms with van der Waals surface area (Å²) in [6, 6.07) is 0. The molecule has 0 aliphatic rings. The maximum absolute atomic E-state index is 10.3. The molecule has 112 valence electrons. The lowest BCUT2D eigenvalue weighted by Crippen LogP contribution is -2.26. The van der Waals surface area contributed by atoms with Crippen molar-refractivity contribution in [1.82, 2.24) is 5.32 Å². The van der Waals surface area contributed by atoms with Gasteiger partial charge in [0.1, 0.15) is 0 Å². The van der Waals surface area contributed by atoms with Gasteiger partial charge in [0.05, 0.1) is 14.2 Å². The molecule has 11 heteroatoms. The number of amidine groups is 2. The van der Waals surface area contributed by atoms with Gasteiger partial charge in [-0.2, -0.15) is 0 Å². The summed E-state index contributed by atoms with van der Waals surface area (Å²) in [4.78, 5) is 19.6. The van der Waals surface area contributed by atoms with Crippen LogP contribution in [0.3, 0.4) is 0 Å². The second kappa shape index (κ2) is 16.9. The fourth-order valence-corrected chi connectivity index (χ4v) is 0.380. The molecule has 19 heavy (non-hydrogen) atoms. The van der Waals surface area contributed by atoms with Gasteiger partial charge in [0.15, 0.2) is 10.3 Å². The van der Waals surface area contributed by atoms with Crippen LogP contribution in [0, 0.1) is 10.8 Å². The number of carbonyl (C=O) groups excluding carboxylic acids is 2. The number of thioether (sulfide) groups is 2. The highest BCUT2D eigenvalue weighted by Crippen LogP contribution is 1.89. The van der Waals surface area contributed by atoms with Gasteiger partial charge in [0.25, 0.3) is 0 Å². The first-order valence-corrected chi connectivity index (χ1v) is 7.16. The van der Waals surface area contributed by atoms with Crippen molar-refractivity contribution in [3.05, 3.63) is 0 Å². The molecule has 8 nitrogen and oxygen atoms in total. The molecule has 0 aliphatic carbocycles. The van der Waals surface area contributed by atoms with Crippen molar-refractivity contribution >= 4 is 57.0 Å². The third kappa shape index (κ3) is 31.6. The molecule has 0 bridgehead atoms. The molecule has 0 saturated heterocycles. The van der Waals surface area contributed by atoms with E-state index in [1.165, 1.54) is 26.0 Å². The summed E-state index contributed by atoms with van der Waals surface area (Å²) in [5.41, 5.74) is 4.06. The number of alkyl carbamates (subject to hydrolysis) is 1. The van der Waals surface area contributed by atoms with Crippen LogP contribution < -0.4 is 11.1 Å². The molecule has 0 aromatic carbocycles. The molecular weight excluding hydrogens is 316 g/mol. The van der Waals surface area contributed by atoms with Gasteiger partial charge >= 0.3 is 11.5 Å². The van der Waals surface area contributed by atoms with Crippen molar-refractivity contribution < 1.29 is 19.1 Å². The largest absolute Gasteiger partial charge is 0.457 e. The Morgan fingerprint density at radius 3 is 1.68 bits per heavy atom. The van der Waals surface area contributed by atoms with Gasteiger partial charge in [0.2, 0.25) is 0 Å². The van der Waals surface area contributed by atoms with Crippen LogP contribution in [0.5, 0.6) is 0 Å². The third-order valence-electron chi connectivity index (χ3n) is 0.986. The van der Waals surface area contributed by atoms with Gasteiger partial charge in [-0.15, -0.1) is 0 Å². The highest BCUT2D eigenvalue weighted by molar-refractivity contribution is 8.13. The zero-order valence-electron chi connectivity index (χ0n) is 10.9.